The molecule has 0 aliphatic carbocycles. The molecule has 0 amide bonds. The second-order valence-corrected chi connectivity index (χ2v) is 6.32. The zero-order valence-corrected chi connectivity index (χ0v) is 14.9. The molecule has 1 aromatic carbocycles. The zero-order valence-electron chi connectivity index (χ0n) is 14.1. The highest BCUT2D eigenvalue weighted by atomic mass is 35.5. The molecule has 1 fully saturated rings. The molecule has 2 aromatic heterocycles. The normalized spacial score (nSPS) is 20.2. The molecular formula is C17H16ClFN6O2. The van der Waals surface area contributed by atoms with Gasteiger partial charge in [-0.15, -0.1) is 10.2 Å². The summed E-state index contributed by atoms with van der Waals surface area (Å²) in [4.78, 5) is 4.30. The maximum absolute atomic E-state index is 14.0. The number of aromatic amines is 1. The highest BCUT2D eigenvalue weighted by Gasteiger charge is 2.30. The summed E-state index contributed by atoms with van der Waals surface area (Å²) >= 11 is 5.80. The van der Waals surface area contributed by atoms with Gasteiger partial charge in [0.15, 0.2) is 0 Å². The van der Waals surface area contributed by atoms with Crippen LogP contribution in [0.1, 0.15) is 11.7 Å². The van der Waals surface area contributed by atoms with E-state index in [9.17, 15) is 4.39 Å². The molecule has 0 bridgehead atoms. The highest BCUT2D eigenvalue weighted by molar-refractivity contribution is 6.30. The number of aromatic nitrogens is 5. The van der Waals surface area contributed by atoms with Crippen LogP contribution in [-0.2, 0) is 4.74 Å². The lowest BCUT2D eigenvalue weighted by Crippen LogP contribution is -2.34. The molecule has 8 nitrogen and oxygen atoms in total. The van der Waals surface area contributed by atoms with Crippen molar-refractivity contribution in [3.05, 3.63) is 52.9 Å². The monoisotopic (exact) mass is 390 g/mol. The lowest BCUT2D eigenvalue weighted by molar-refractivity contribution is -0.00996. The van der Waals surface area contributed by atoms with Crippen molar-refractivity contribution in [2.45, 2.75) is 12.2 Å². The third kappa shape index (κ3) is 3.90. The van der Waals surface area contributed by atoms with Gasteiger partial charge in [-0.3, -0.25) is 0 Å². The molecule has 3 heterocycles. The number of hydrogen-bond acceptors (Lipinski definition) is 7. The van der Waals surface area contributed by atoms with E-state index in [1.807, 2.05) is 0 Å². The first kappa shape index (κ1) is 17.8. The molecule has 140 valence electrons. The standard InChI is InChI=1S/C17H16ClFN6O2/c18-12-4-3-10(8-13(12)19)15-14(9-20-6-7-26-15)27-17-11(2-1-5-21-17)16-22-24-25-23-16/h1-5,8,14-15,20H,6-7,9H2,(H,22,23,24,25)/t14-,15?/m0/s1. The van der Waals surface area contributed by atoms with Crippen LogP contribution in [0.15, 0.2) is 36.5 Å². The minimum absolute atomic E-state index is 0.0621. The molecule has 0 spiro atoms. The molecule has 1 saturated heterocycles. The maximum Gasteiger partial charge on any atom is 0.225 e. The van der Waals surface area contributed by atoms with Crippen LogP contribution in [0.4, 0.5) is 4.39 Å². The predicted molar refractivity (Wildman–Crippen MR) is 94.8 cm³/mol. The Kier molecular flexibility index (Phi) is 5.23. The van der Waals surface area contributed by atoms with Crippen molar-refractivity contribution in [1.29, 1.82) is 0 Å². The van der Waals surface area contributed by atoms with Crippen molar-refractivity contribution in [2.24, 2.45) is 0 Å². The summed E-state index contributed by atoms with van der Waals surface area (Å²) in [5.41, 5.74) is 1.24. The topological polar surface area (TPSA) is 97.8 Å². The Morgan fingerprint density at radius 3 is 3.04 bits per heavy atom. The van der Waals surface area contributed by atoms with E-state index in [1.54, 1.807) is 24.4 Å². The first-order valence-electron chi connectivity index (χ1n) is 8.35. The minimum Gasteiger partial charge on any atom is -0.469 e. The van der Waals surface area contributed by atoms with Crippen LogP contribution < -0.4 is 10.1 Å². The van der Waals surface area contributed by atoms with Crippen molar-refractivity contribution in [3.8, 4) is 17.3 Å². The SMILES string of the molecule is Fc1cc(C2OCCNC[C@@H]2Oc2ncccc2-c2nn[nH]n2)ccc1Cl. The highest BCUT2D eigenvalue weighted by Crippen LogP contribution is 2.31. The summed E-state index contributed by atoms with van der Waals surface area (Å²) in [6, 6.07) is 8.15. The van der Waals surface area contributed by atoms with E-state index in [4.69, 9.17) is 21.1 Å². The van der Waals surface area contributed by atoms with Crippen molar-refractivity contribution in [2.75, 3.05) is 19.7 Å². The Hall–Kier alpha value is -2.62. The third-order valence-corrected chi connectivity index (χ3v) is 4.46. The number of nitrogens with one attached hydrogen (secondary N) is 2. The smallest absolute Gasteiger partial charge is 0.225 e. The van der Waals surface area contributed by atoms with Gasteiger partial charge in [0.25, 0.3) is 0 Å². The van der Waals surface area contributed by atoms with E-state index in [-0.39, 0.29) is 5.02 Å². The van der Waals surface area contributed by atoms with E-state index >= 15 is 0 Å². The lowest BCUT2D eigenvalue weighted by Gasteiger charge is -2.26. The molecule has 10 heteroatoms. The van der Waals surface area contributed by atoms with Gasteiger partial charge in [0.2, 0.25) is 11.7 Å². The van der Waals surface area contributed by atoms with Crippen molar-refractivity contribution in [3.63, 3.8) is 0 Å². The Morgan fingerprint density at radius 1 is 1.30 bits per heavy atom. The number of tetrazole rings is 1. The van der Waals surface area contributed by atoms with Crippen molar-refractivity contribution >= 4 is 11.6 Å². The van der Waals surface area contributed by atoms with Gasteiger partial charge in [-0.2, -0.15) is 5.21 Å². The van der Waals surface area contributed by atoms with Gasteiger partial charge in [0, 0.05) is 19.3 Å². The van der Waals surface area contributed by atoms with Crippen LogP contribution in [0.3, 0.4) is 0 Å². The van der Waals surface area contributed by atoms with Crippen LogP contribution in [0.25, 0.3) is 11.4 Å². The van der Waals surface area contributed by atoms with E-state index in [2.05, 4.69) is 30.9 Å². The van der Waals surface area contributed by atoms with Gasteiger partial charge < -0.3 is 14.8 Å². The van der Waals surface area contributed by atoms with Crippen molar-refractivity contribution in [1.82, 2.24) is 30.9 Å². The van der Waals surface area contributed by atoms with Crippen LogP contribution >= 0.6 is 11.6 Å². The lowest BCUT2D eigenvalue weighted by atomic mass is 10.0. The maximum atomic E-state index is 14.0. The van der Waals surface area contributed by atoms with Gasteiger partial charge in [-0.05, 0) is 35.0 Å². The number of hydrogen-bond donors (Lipinski definition) is 2. The van der Waals surface area contributed by atoms with Gasteiger partial charge >= 0.3 is 0 Å². The van der Waals surface area contributed by atoms with Gasteiger partial charge in [0.1, 0.15) is 18.0 Å². The summed E-state index contributed by atoms with van der Waals surface area (Å²) in [7, 11) is 0. The van der Waals surface area contributed by atoms with Gasteiger partial charge in [-0.1, -0.05) is 17.7 Å². The summed E-state index contributed by atoms with van der Waals surface area (Å²) < 4.78 is 26.0. The molecule has 0 saturated carbocycles. The number of rotatable bonds is 4. The molecule has 1 aliphatic heterocycles. The van der Waals surface area contributed by atoms with Crippen LogP contribution in [-0.4, -0.2) is 51.4 Å². The number of H-pyrrole nitrogens is 1. The fourth-order valence-electron chi connectivity index (χ4n) is 2.89. The predicted octanol–water partition coefficient (Wildman–Crippen LogP) is 2.16. The number of benzene rings is 1. The number of halogens is 2. The molecule has 3 aromatic rings. The largest absolute Gasteiger partial charge is 0.469 e. The third-order valence-electron chi connectivity index (χ3n) is 4.15. The Bertz CT molecular complexity index is 910. The minimum atomic E-state index is -0.501. The molecule has 1 unspecified atom stereocenters. The number of ether oxygens (including phenoxy) is 2. The summed E-state index contributed by atoms with van der Waals surface area (Å²) in [5, 5.41) is 17.3. The number of nitrogens with zero attached hydrogens (tertiary/aromatic N) is 4. The van der Waals surface area contributed by atoms with Crippen LogP contribution in [0, 0.1) is 5.82 Å². The van der Waals surface area contributed by atoms with E-state index in [0.29, 0.717) is 42.5 Å². The second-order valence-electron chi connectivity index (χ2n) is 5.92. The molecule has 1 aliphatic rings. The van der Waals surface area contributed by atoms with Gasteiger partial charge in [-0.25, -0.2) is 9.37 Å². The molecular weight excluding hydrogens is 375 g/mol. The fourth-order valence-corrected chi connectivity index (χ4v) is 3.01. The molecule has 2 N–H and O–H groups in total. The first-order chi connectivity index (χ1) is 13.2. The number of pyridine rings is 1. The van der Waals surface area contributed by atoms with Crippen LogP contribution in [0.2, 0.25) is 5.02 Å². The molecule has 0 radical (unpaired) electrons. The quantitative estimate of drug-likeness (QED) is 0.704. The van der Waals surface area contributed by atoms with E-state index in [0.717, 1.165) is 0 Å². The molecule has 2 atom stereocenters. The summed E-state index contributed by atoms with van der Waals surface area (Å²) in [6.45, 7) is 1.62. The zero-order chi connectivity index (χ0) is 18.6. The first-order valence-corrected chi connectivity index (χ1v) is 8.73. The van der Waals surface area contributed by atoms with E-state index in [1.165, 1.54) is 12.1 Å². The average Bonchev–Trinajstić information content (AvgIpc) is 3.12. The fraction of sp³-hybridized carbons (Fsp3) is 0.294. The van der Waals surface area contributed by atoms with E-state index < -0.39 is 18.0 Å². The molecule has 27 heavy (non-hydrogen) atoms. The van der Waals surface area contributed by atoms with Crippen LogP contribution in [0.5, 0.6) is 5.88 Å². The van der Waals surface area contributed by atoms with Crippen molar-refractivity contribution < 1.29 is 13.9 Å². The summed E-state index contributed by atoms with van der Waals surface area (Å²) in [6.07, 6.45) is 0.668. The Balaban J connectivity index is 1.65. The summed E-state index contributed by atoms with van der Waals surface area (Å²) in [5.74, 6) is 0.212. The Labute approximate surface area is 159 Å². The second kappa shape index (κ2) is 7.95. The van der Waals surface area contributed by atoms with Gasteiger partial charge in [0.05, 0.1) is 17.2 Å². The average molecular weight is 391 g/mol. The Morgan fingerprint density at radius 2 is 2.22 bits per heavy atom. The molecule has 4 rings (SSSR count).